The third kappa shape index (κ3) is 33.7. The van der Waals surface area contributed by atoms with Crippen molar-refractivity contribution < 1.29 is 36.9 Å². The molecule has 0 aliphatic heterocycles. The quantitative estimate of drug-likeness (QED) is 0.0321. The van der Waals surface area contributed by atoms with Gasteiger partial charge in [-0.25, -0.2) is 0 Å². The SMILES string of the molecule is CC(C)CCC[N+](C)(C)CCCCOc1cc(/C=C/c2ccc(/C=C/c3cc(OCCCC[N+](C)(C)CCCC(C)C)cc(OCCCC[N+](C)(C)CCCC(C)C)c3)cc2)cc(OCCCC[N+](C)(C)CCCC(C)C)c1. The molecule has 0 N–H and O–H groups in total. The normalized spacial score (nSPS) is 12.9. The van der Waals surface area contributed by atoms with Gasteiger partial charge < -0.3 is 36.9 Å². The fourth-order valence-corrected chi connectivity index (χ4v) is 10.3. The first-order chi connectivity index (χ1) is 36.9. The standard InChI is InChI=1S/C70H122N4O4/c1-59(2)29-25-45-71(9,10)41-17-21-49-75-67-53-65(54-68(57-67)76-50-22-18-42-72(11,12)46-26-30-60(3)4)39-37-63-33-35-64(36-34-63)38-40-66-55-69(77-51-23-19-43-73(13,14)47-27-31-61(5)6)58-70(56-66)78-52-24-20-44-74(15,16)48-28-32-62(7)8/h33-40,53-62H,17-32,41-52H2,1-16H3/q+4/b39-37+,40-38+. The lowest BCUT2D eigenvalue weighted by Crippen LogP contribution is -2.41. The topological polar surface area (TPSA) is 36.9 Å². The molecule has 3 aromatic rings. The second-order valence-corrected chi connectivity index (χ2v) is 27.7. The molecule has 0 radical (unpaired) electrons. The van der Waals surface area contributed by atoms with Crippen LogP contribution in [0.5, 0.6) is 23.0 Å². The maximum Gasteiger partial charge on any atom is 0.123 e. The van der Waals surface area contributed by atoms with E-state index in [0.717, 1.165) is 138 Å². The smallest absolute Gasteiger partial charge is 0.123 e. The van der Waals surface area contributed by atoms with E-state index < -0.39 is 0 Å². The minimum Gasteiger partial charge on any atom is -0.493 e. The van der Waals surface area contributed by atoms with Crippen LogP contribution in [0.15, 0.2) is 60.7 Å². The van der Waals surface area contributed by atoms with Gasteiger partial charge in [0.05, 0.1) is 135 Å². The van der Waals surface area contributed by atoms with Gasteiger partial charge in [0, 0.05) is 12.1 Å². The Hall–Kier alpha value is -3.82. The van der Waals surface area contributed by atoms with Crippen LogP contribution < -0.4 is 18.9 Å². The van der Waals surface area contributed by atoms with Crippen LogP contribution in [0, 0.1) is 23.7 Å². The Morgan fingerprint density at radius 1 is 0.282 bits per heavy atom. The van der Waals surface area contributed by atoms with Gasteiger partial charge in [-0.15, -0.1) is 0 Å². The van der Waals surface area contributed by atoms with Crippen LogP contribution in [0.3, 0.4) is 0 Å². The molecule has 0 aromatic heterocycles. The highest BCUT2D eigenvalue weighted by Crippen LogP contribution is 2.28. The molecule has 8 heteroatoms. The fourth-order valence-electron chi connectivity index (χ4n) is 10.3. The molecule has 8 nitrogen and oxygen atoms in total. The molecule has 0 unspecified atom stereocenters. The molecular formula is C70H122N4O4+4. The lowest BCUT2D eigenvalue weighted by atomic mass is 10.1. The molecule has 0 atom stereocenters. The minimum atomic E-state index is 0.705. The summed E-state index contributed by atoms with van der Waals surface area (Å²) in [5.41, 5.74) is 4.45. The van der Waals surface area contributed by atoms with Crippen LogP contribution in [-0.4, -0.2) is 153 Å². The number of hydrogen-bond donors (Lipinski definition) is 0. The van der Waals surface area contributed by atoms with Crippen molar-refractivity contribution in [3.8, 4) is 23.0 Å². The van der Waals surface area contributed by atoms with E-state index >= 15 is 0 Å². The van der Waals surface area contributed by atoms with Gasteiger partial charge in [-0.05, 0) is 173 Å². The third-order valence-corrected chi connectivity index (χ3v) is 15.6. The van der Waals surface area contributed by atoms with Crippen LogP contribution in [0.25, 0.3) is 24.3 Å². The number of unbranched alkanes of at least 4 members (excludes halogenated alkanes) is 4. The zero-order valence-electron chi connectivity index (χ0n) is 53.6. The minimum absolute atomic E-state index is 0.705. The number of quaternary nitrogens is 4. The summed E-state index contributed by atoms with van der Waals surface area (Å²) in [5, 5.41) is 0. The molecule has 0 aliphatic rings. The van der Waals surface area contributed by atoms with Crippen molar-refractivity contribution >= 4 is 24.3 Å². The summed E-state index contributed by atoms with van der Waals surface area (Å²) in [5.74, 6) is 6.59. The first-order valence-electron chi connectivity index (χ1n) is 31.4. The average Bonchev–Trinajstić information content (AvgIpc) is 3.34. The monoisotopic (exact) mass is 1080 g/mol. The first-order valence-corrected chi connectivity index (χ1v) is 31.4. The van der Waals surface area contributed by atoms with E-state index in [4.69, 9.17) is 18.9 Å². The van der Waals surface area contributed by atoms with Crippen molar-refractivity contribution in [3.63, 3.8) is 0 Å². The Balaban J connectivity index is 1.70. The molecule has 442 valence electrons. The highest BCUT2D eigenvalue weighted by Gasteiger charge is 2.18. The fraction of sp³-hybridized carbons (Fsp3) is 0.686. The van der Waals surface area contributed by atoms with Crippen LogP contribution in [0.2, 0.25) is 0 Å². The Labute approximate surface area is 481 Å². The van der Waals surface area contributed by atoms with E-state index in [2.05, 4.69) is 197 Å². The molecule has 0 amide bonds. The van der Waals surface area contributed by atoms with Gasteiger partial charge in [0.2, 0.25) is 0 Å². The number of nitrogens with zero attached hydrogens (tertiary/aromatic N) is 4. The maximum absolute atomic E-state index is 6.45. The van der Waals surface area contributed by atoms with Crippen LogP contribution in [-0.2, 0) is 0 Å². The summed E-state index contributed by atoms with van der Waals surface area (Å²) >= 11 is 0. The summed E-state index contributed by atoms with van der Waals surface area (Å²) in [6.45, 7) is 31.1. The average molecular weight is 1080 g/mol. The van der Waals surface area contributed by atoms with Crippen LogP contribution in [0.1, 0.15) is 180 Å². The second-order valence-electron chi connectivity index (χ2n) is 27.7. The molecule has 0 saturated heterocycles. The number of benzene rings is 3. The van der Waals surface area contributed by atoms with Gasteiger partial charge >= 0.3 is 0 Å². The Morgan fingerprint density at radius 2 is 0.487 bits per heavy atom. The van der Waals surface area contributed by atoms with Crippen molar-refractivity contribution in [2.75, 3.05) is 135 Å². The summed E-state index contributed by atoms with van der Waals surface area (Å²) in [6.07, 6.45) is 27.9. The second kappa shape index (κ2) is 36.5. The van der Waals surface area contributed by atoms with E-state index in [0.29, 0.717) is 26.4 Å². The largest absolute Gasteiger partial charge is 0.493 e. The van der Waals surface area contributed by atoms with Crippen molar-refractivity contribution in [1.82, 2.24) is 0 Å². The van der Waals surface area contributed by atoms with Gasteiger partial charge in [-0.1, -0.05) is 104 Å². The van der Waals surface area contributed by atoms with Gasteiger partial charge in [0.25, 0.3) is 0 Å². The van der Waals surface area contributed by atoms with Gasteiger partial charge in [-0.2, -0.15) is 0 Å². The van der Waals surface area contributed by atoms with Crippen molar-refractivity contribution in [3.05, 3.63) is 82.9 Å². The predicted molar refractivity (Wildman–Crippen MR) is 340 cm³/mol. The summed E-state index contributed by atoms with van der Waals surface area (Å²) in [4.78, 5) is 0. The highest BCUT2D eigenvalue weighted by molar-refractivity contribution is 5.74. The van der Waals surface area contributed by atoms with E-state index in [1.807, 2.05) is 0 Å². The molecular weight excluding hydrogens is 961 g/mol. The molecule has 78 heavy (non-hydrogen) atoms. The van der Waals surface area contributed by atoms with Crippen molar-refractivity contribution in [2.24, 2.45) is 23.7 Å². The van der Waals surface area contributed by atoms with Crippen molar-refractivity contribution in [2.45, 2.75) is 158 Å². The first kappa shape index (κ1) is 68.5. The lowest BCUT2D eigenvalue weighted by Gasteiger charge is -2.30. The van der Waals surface area contributed by atoms with Crippen LogP contribution in [0.4, 0.5) is 0 Å². The highest BCUT2D eigenvalue weighted by atomic mass is 16.5. The Morgan fingerprint density at radius 3 is 0.705 bits per heavy atom. The molecule has 3 aromatic carbocycles. The summed E-state index contributed by atoms with van der Waals surface area (Å²) in [7, 11) is 19.0. The molecule has 0 fully saturated rings. The zero-order valence-corrected chi connectivity index (χ0v) is 53.6. The Bertz CT molecular complexity index is 1840. The predicted octanol–water partition coefficient (Wildman–Crippen LogP) is 16.7. The lowest BCUT2D eigenvalue weighted by molar-refractivity contribution is -0.890. The molecule has 0 heterocycles. The van der Waals surface area contributed by atoms with E-state index in [9.17, 15) is 0 Å². The van der Waals surface area contributed by atoms with Crippen LogP contribution >= 0.6 is 0 Å². The molecule has 0 spiro atoms. The molecule has 0 bridgehead atoms. The van der Waals surface area contributed by atoms with Crippen molar-refractivity contribution in [1.29, 1.82) is 0 Å². The van der Waals surface area contributed by atoms with Gasteiger partial charge in [0.15, 0.2) is 0 Å². The molecule has 3 rings (SSSR count). The van der Waals surface area contributed by atoms with E-state index in [1.165, 1.54) is 104 Å². The van der Waals surface area contributed by atoms with E-state index in [-0.39, 0.29) is 0 Å². The number of hydrogen-bond acceptors (Lipinski definition) is 4. The third-order valence-electron chi connectivity index (χ3n) is 15.6. The van der Waals surface area contributed by atoms with Gasteiger partial charge in [-0.3, -0.25) is 0 Å². The van der Waals surface area contributed by atoms with E-state index in [1.54, 1.807) is 0 Å². The molecule has 0 aliphatic carbocycles. The Kier molecular flexibility index (Phi) is 32.0. The molecule has 0 saturated carbocycles. The summed E-state index contributed by atoms with van der Waals surface area (Å²) < 4.78 is 30.1. The zero-order chi connectivity index (χ0) is 57.5. The summed E-state index contributed by atoms with van der Waals surface area (Å²) in [6, 6.07) is 21.6. The number of ether oxygens (including phenoxy) is 4. The number of rotatable bonds is 44. The maximum atomic E-state index is 6.45. The van der Waals surface area contributed by atoms with Gasteiger partial charge in [0.1, 0.15) is 23.0 Å².